The molecule has 192 valence electrons. The van der Waals surface area contributed by atoms with Crippen LogP contribution in [0.4, 0.5) is 5.69 Å². The number of anilines is 1. The smallest absolute Gasteiger partial charge is 0.335 e. The number of carbonyl (C=O) groups is 1. The number of hydrogen-bond acceptors (Lipinski definition) is 5. The lowest BCUT2D eigenvalue weighted by atomic mass is 9.90. The average molecular weight is 492 g/mol. The molecule has 0 spiro atoms. The largest absolute Gasteiger partial charge is 0.496 e. The monoisotopic (exact) mass is 491 g/mol. The summed E-state index contributed by atoms with van der Waals surface area (Å²) in [6.45, 7) is 5.40. The molecule has 5 rings (SSSR count). The second-order valence-electron chi connectivity index (χ2n) is 10.1. The molecule has 1 saturated heterocycles. The molecule has 1 aromatic heterocycles. The molecule has 3 heterocycles. The summed E-state index contributed by atoms with van der Waals surface area (Å²) in [5, 5.41) is 14.4. The summed E-state index contributed by atoms with van der Waals surface area (Å²) >= 11 is 0. The molecule has 0 unspecified atom stereocenters. The number of likely N-dealkylation sites (tertiary alicyclic amines) is 1. The van der Waals surface area contributed by atoms with Crippen LogP contribution in [-0.2, 0) is 11.3 Å². The van der Waals surface area contributed by atoms with Crippen LogP contribution in [0.25, 0.3) is 10.9 Å². The summed E-state index contributed by atoms with van der Waals surface area (Å²) in [5.74, 6) is 0.00524. The minimum Gasteiger partial charge on any atom is -0.496 e. The second-order valence-corrected chi connectivity index (χ2v) is 10.1. The first-order chi connectivity index (χ1) is 17.5. The standard InChI is InChI=1S/C29H37N3O4/c1-19-15-27(35-2)24(22-9-12-31-28(19)22)18-32-13-10-21-17-26(32)23-8-7-20(29(33)34)16-25(23)30-11-5-3-4-6-14-36-21/h7-9,12,15-16,21,26,30-31H,3-6,10-11,13-14,17-18H2,1-2H3,(H,33,34)/t21-,26-/m0/s1. The van der Waals surface area contributed by atoms with Crippen molar-refractivity contribution in [2.24, 2.45) is 0 Å². The maximum Gasteiger partial charge on any atom is 0.335 e. The zero-order valence-corrected chi connectivity index (χ0v) is 21.3. The summed E-state index contributed by atoms with van der Waals surface area (Å²) in [6.07, 6.45) is 8.50. The fourth-order valence-electron chi connectivity index (χ4n) is 5.82. The number of aromatic nitrogens is 1. The molecule has 2 aliphatic heterocycles. The molecule has 0 amide bonds. The van der Waals surface area contributed by atoms with Crippen molar-refractivity contribution in [3.05, 3.63) is 58.8 Å². The van der Waals surface area contributed by atoms with Crippen LogP contribution in [0.1, 0.15) is 71.6 Å². The van der Waals surface area contributed by atoms with Crippen LogP contribution < -0.4 is 10.1 Å². The van der Waals surface area contributed by atoms with Crippen molar-refractivity contribution in [1.82, 2.24) is 9.88 Å². The van der Waals surface area contributed by atoms with Gasteiger partial charge in [0.25, 0.3) is 0 Å². The molecule has 1 fully saturated rings. The van der Waals surface area contributed by atoms with Crippen molar-refractivity contribution in [3.8, 4) is 5.75 Å². The van der Waals surface area contributed by atoms with Gasteiger partial charge in [0, 0.05) is 60.6 Å². The predicted molar refractivity (Wildman–Crippen MR) is 142 cm³/mol. The number of fused-ring (bicyclic) bond motifs is 5. The summed E-state index contributed by atoms with van der Waals surface area (Å²) in [5.41, 5.74) is 5.87. The van der Waals surface area contributed by atoms with Gasteiger partial charge < -0.3 is 24.9 Å². The van der Waals surface area contributed by atoms with E-state index in [1.165, 1.54) is 16.5 Å². The third-order valence-electron chi connectivity index (χ3n) is 7.76. The number of H-pyrrole nitrogens is 1. The maximum absolute atomic E-state index is 11.8. The van der Waals surface area contributed by atoms with Gasteiger partial charge in [0.05, 0.1) is 18.8 Å². The lowest BCUT2D eigenvalue weighted by Gasteiger charge is -2.40. The van der Waals surface area contributed by atoms with Crippen molar-refractivity contribution in [2.75, 3.05) is 32.1 Å². The molecule has 0 aliphatic carbocycles. The third kappa shape index (κ3) is 5.08. The number of nitrogens with zero attached hydrogens (tertiary/aromatic N) is 1. The van der Waals surface area contributed by atoms with Crippen molar-refractivity contribution in [1.29, 1.82) is 0 Å². The van der Waals surface area contributed by atoms with Gasteiger partial charge in [-0.2, -0.15) is 0 Å². The van der Waals surface area contributed by atoms with Crippen molar-refractivity contribution in [2.45, 2.75) is 64.1 Å². The fourth-order valence-corrected chi connectivity index (χ4v) is 5.82. The van der Waals surface area contributed by atoms with Gasteiger partial charge in [-0.25, -0.2) is 4.79 Å². The van der Waals surface area contributed by atoms with Crippen molar-refractivity contribution in [3.63, 3.8) is 0 Å². The number of methoxy groups -OCH3 is 1. The van der Waals surface area contributed by atoms with E-state index in [-0.39, 0.29) is 12.1 Å². The number of aromatic carboxylic acids is 1. The lowest BCUT2D eigenvalue weighted by Crippen LogP contribution is -2.40. The van der Waals surface area contributed by atoms with E-state index in [0.29, 0.717) is 5.56 Å². The molecule has 3 N–H and O–H groups in total. The number of hydrogen-bond donors (Lipinski definition) is 3. The predicted octanol–water partition coefficient (Wildman–Crippen LogP) is 5.89. The first-order valence-corrected chi connectivity index (χ1v) is 13.2. The van der Waals surface area contributed by atoms with E-state index in [2.05, 4.69) is 34.3 Å². The van der Waals surface area contributed by atoms with Crippen LogP contribution in [0, 0.1) is 6.92 Å². The summed E-state index contributed by atoms with van der Waals surface area (Å²) in [6, 6.07) is 9.90. The highest BCUT2D eigenvalue weighted by Crippen LogP contribution is 2.40. The number of ether oxygens (including phenoxy) is 2. The van der Waals surface area contributed by atoms with E-state index in [4.69, 9.17) is 9.47 Å². The maximum atomic E-state index is 11.8. The molecule has 2 aliphatic rings. The number of carboxylic acids is 1. The number of rotatable bonds is 4. The Balaban J connectivity index is 1.54. The Morgan fingerprint density at radius 2 is 2.06 bits per heavy atom. The molecule has 0 radical (unpaired) electrons. The highest BCUT2D eigenvalue weighted by atomic mass is 16.5. The van der Waals surface area contributed by atoms with E-state index in [1.807, 2.05) is 12.3 Å². The molecule has 2 atom stereocenters. The highest BCUT2D eigenvalue weighted by Gasteiger charge is 2.33. The van der Waals surface area contributed by atoms with E-state index in [9.17, 15) is 9.90 Å². The average Bonchev–Trinajstić information content (AvgIpc) is 3.38. The first kappa shape index (κ1) is 24.7. The van der Waals surface area contributed by atoms with Crippen molar-refractivity contribution >= 4 is 22.6 Å². The SMILES string of the molecule is COc1cc(C)c2[nH]ccc2c1CN1CC[C@H]2C[C@H]1c1ccc(C(=O)O)cc1NCCCCCCO2. The zero-order chi connectivity index (χ0) is 25.1. The molecule has 0 saturated carbocycles. The number of piperidine rings is 1. The van der Waals surface area contributed by atoms with E-state index in [0.717, 1.165) is 87.3 Å². The van der Waals surface area contributed by atoms with Gasteiger partial charge in [0.1, 0.15) is 5.75 Å². The van der Waals surface area contributed by atoms with Crippen molar-refractivity contribution < 1.29 is 19.4 Å². The van der Waals surface area contributed by atoms with Crippen LogP contribution in [0.2, 0.25) is 0 Å². The Labute approximate surface area is 212 Å². The quantitative estimate of drug-likeness (QED) is 0.422. The van der Waals surface area contributed by atoms with Crippen LogP contribution in [0.15, 0.2) is 36.5 Å². The van der Waals surface area contributed by atoms with Crippen LogP contribution in [0.3, 0.4) is 0 Å². The molecule has 3 aromatic rings. The van der Waals surface area contributed by atoms with E-state index < -0.39 is 5.97 Å². The molecule has 2 bridgehead atoms. The molecular weight excluding hydrogens is 454 g/mol. The Bertz CT molecular complexity index is 1220. The number of aryl methyl sites for hydroxylation is 1. The highest BCUT2D eigenvalue weighted by molar-refractivity contribution is 5.89. The Morgan fingerprint density at radius 1 is 1.19 bits per heavy atom. The minimum atomic E-state index is -0.900. The van der Waals surface area contributed by atoms with E-state index in [1.54, 1.807) is 19.2 Å². The Hall–Kier alpha value is -3.03. The summed E-state index contributed by atoms with van der Waals surface area (Å²) in [7, 11) is 1.74. The second kappa shape index (κ2) is 10.9. The van der Waals surface area contributed by atoms with Gasteiger partial charge in [0.15, 0.2) is 0 Å². The fraction of sp³-hybridized carbons (Fsp3) is 0.483. The number of benzene rings is 2. The van der Waals surface area contributed by atoms with Gasteiger partial charge in [-0.3, -0.25) is 4.90 Å². The number of nitrogens with one attached hydrogen (secondary N) is 2. The summed E-state index contributed by atoms with van der Waals surface area (Å²) < 4.78 is 12.2. The molecule has 2 aromatic carbocycles. The van der Waals surface area contributed by atoms with E-state index >= 15 is 0 Å². The third-order valence-corrected chi connectivity index (χ3v) is 7.76. The van der Waals surface area contributed by atoms with Gasteiger partial charge in [-0.15, -0.1) is 0 Å². The van der Waals surface area contributed by atoms with Gasteiger partial charge in [-0.05, 0) is 68.0 Å². The number of aromatic amines is 1. The lowest BCUT2D eigenvalue weighted by molar-refractivity contribution is -0.0199. The topological polar surface area (TPSA) is 86.8 Å². The van der Waals surface area contributed by atoms with Gasteiger partial charge in [-0.1, -0.05) is 18.9 Å². The molecular formula is C29H37N3O4. The minimum absolute atomic E-state index is 0.106. The molecule has 7 heteroatoms. The van der Waals surface area contributed by atoms with Crippen LogP contribution >= 0.6 is 0 Å². The molecule has 7 nitrogen and oxygen atoms in total. The first-order valence-electron chi connectivity index (χ1n) is 13.2. The summed E-state index contributed by atoms with van der Waals surface area (Å²) in [4.78, 5) is 17.7. The number of carboxylic acid groups (broad SMARTS) is 1. The van der Waals surface area contributed by atoms with Crippen LogP contribution in [0.5, 0.6) is 5.75 Å². The van der Waals surface area contributed by atoms with Gasteiger partial charge in [0.2, 0.25) is 0 Å². The Morgan fingerprint density at radius 3 is 2.89 bits per heavy atom. The Kier molecular flexibility index (Phi) is 7.48. The normalized spacial score (nSPS) is 21.5. The van der Waals surface area contributed by atoms with Crippen LogP contribution in [-0.4, -0.2) is 53.9 Å². The van der Waals surface area contributed by atoms with Gasteiger partial charge >= 0.3 is 5.97 Å². The zero-order valence-electron chi connectivity index (χ0n) is 21.3. The molecule has 36 heavy (non-hydrogen) atoms.